The molecule has 2 rings (SSSR count). The standard InChI is InChI=1S/C13H11F3O2S/c1-7-5-8-3-4-9(11(17)18)6-10(8)19-12(7,2)13(14,15)16/h3-6H,1-2H3,(H,17,18). The molecule has 0 saturated heterocycles. The van der Waals surface area contributed by atoms with Crippen molar-refractivity contribution in [1.82, 2.24) is 0 Å². The van der Waals surface area contributed by atoms with Gasteiger partial charge in [0, 0.05) is 4.90 Å². The lowest BCUT2D eigenvalue weighted by molar-refractivity contribution is -0.146. The first-order chi connectivity index (χ1) is 8.65. The van der Waals surface area contributed by atoms with Crippen molar-refractivity contribution in [2.75, 3.05) is 0 Å². The summed E-state index contributed by atoms with van der Waals surface area (Å²) in [5.74, 6) is -1.15. The van der Waals surface area contributed by atoms with Crippen LogP contribution in [0.5, 0.6) is 0 Å². The molecule has 0 amide bonds. The first-order valence-electron chi connectivity index (χ1n) is 5.47. The van der Waals surface area contributed by atoms with Gasteiger partial charge in [-0.3, -0.25) is 0 Å². The van der Waals surface area contributed by atoms with E-state index in [0.717, 1.165) is 6.92 Å². The Morgan fingerprint density at radius 3 is 2.53 bits per heavy atom. The smallest absolute Gasteiger partial charge is 0.406 e. The van der Waals surface area contributed by atoms with Gasteiger partial charge in [-0.05, 0) is 37.1 Å². The Morgan fingerprint density at radius 1 is 1.37 bits per heavy atom. The summed E-state index contributed by atoms with van der Waals surface area (Å²) in [6.07, 6.45) is -2.93. The van der Waals surface area contributed by atoms with Crippen molar-refractivity contribution in [3.05, 3.63) is 34.9 Å². The topological polar surface area (TPSA) is 37.3 Å². The van der Waals surface area contributed by atoms with Crippen molar-refractivity contribution in [1.29, 1.82) is 0 Å². The van der Waals surface area contributed by atoms with Crippen molar-refractivity contribution < 1.29 is 23.1 Å². The average Bonchev–Trinajstić information content (AvgIpc) is 2.28. The summed E-state index contributed by atoms with van der Waals surface area (Å²) >= 11 is 0.649. The Morgan fingerprint density at radius 2 is 2.00 bits per heavy atom. The minimum Gasteiger partial charge on any atom is -0.478 e. The lowest BCUT2D eigenvalue weighted by Gasteiger charge is -2.35. The second kappa shape index (κ2) is 4.30. The quantitative estimate of drug-likeness (QED) is 0.841. The van der Waals surface area contributed by atoms with Crippen LogP contribution < -0.4 is 0 Å². The zero-order valence-electron chi connectivity index (χ0n) is 10.2. The number of aromatic carboxylic acids is 1. The SMILES string of the molecule is CC1=Cc2ccc(C(=O)O)cc2SC1(C)C(F)(F)F. The monoisotopic (exact) mass is 288 g/mol. The van der Waals surface area contributed by atoms with E-state index in [9.17, 15) is 18.0 Å². The molecule has 2 nitrogen and oxygen atoms in total. The van der Waals surface area contributed by atoms with Gasteiger partial charge in [-0.15, -0.1) is 11.8 Å². The van der Waals surface area contributed by atoms with Crippen LogP contribution in [0.3, 0.4) is 0 Å². The van der Waals surface area contributed by atoms with E-state index in [1.54, 1.807) is 0 Å². The van der Waals surface area contributed by atoms with Crippen molar-refractivity contribution in [3.63, 3.8) is 0 Å². The lowest BCUT2D eigenvalue weighted by Crippen LogP contribution is -2.41. The molecule has 0 saturated carbocycles. The zero-order valence-corrected chi connectivity index (χ0v) is 11.0. The highest BCUT2D eigenvalue weighted by Gasteiger charge is 2.54. The summed E-state index contributed by atoms with van der Waals surface area (Å²) in [5.41, 5.74) is 0.818. The van der Waals surface area contributed by atoms with Gasteiger partial charge >= 0.3 is 12.1 Å². The predicted molar refractivity (Wildman–Crippen MR) is 67.4 cm³/mol. The molecule has 0 bridgehead atoms. The molecule has 102 valence electrons. The van der Waals surface area contributed by atoms with E-state index in [0.29, 0.717) is 22.2 Å². The molecule has 1 aliphatic heterocycles. The summed E-state index contributed by atoms with van der Waals surface area (Å²) in [7, 11) is 0. The van der Waals surface area contributed by atoms with Crippen LogP contribution in [0.4, 0.5) is 13.2 Å². The van der Waals surface area contributed by atoms with Gasteiger partial charge in [0.05, 0.1) is 5.56 Å². The van der Waals surface area contributed by atoms with E-state index in [4.69, 9.17) is 5.11 Å². The molecule has 1 atom stereocenters. The molecular weight excluding hydrogens is 277 g/mol. The van der Waals surface area contributed by atoms with E-state index in [1.165, 1.54) is 31.2 Å². The highest BCUT2D eigenvalue weighted by Crippen LogP contribution is 2.53. The minimum absolute atomic E-state index is 0.0104. The Labute approximate surface area is 112 Å². The van der Waals surface area contributed by atoms with Crippen LogP contribution in [0.25, 0.3) is 6.08 Å². The van der Waals surface area contributed by atoms with Crippen LogP contribution in [0.2, 0.25) is 0 Å². The third-order valence-corrected chi connectivity index (χ3v) is 4.78. The Hall–Kier alpha value is -1.43. The fourth-order valence-corrected chi connectivity index (χ4v) is 3.03. The number of hydrogen-bond donors (Lipinski definition) is 1. The van der Waals surface area contributed by atoms with Crippen LogP contribution in [0.15, 0.2) is 28.7 Å². The molecular formula is C13H11F3O2S. The highest BCUT2D eigenvalue weighted by atomic mass is 32.2. The van der Waals surface area contributed by atoms with Crippen molar-refractivity contribution in [2.45, 2.75) is 29.7 Å². The van der Waals surface area contributed by atoms with Crippen LogP contribution in [-0.4, -0.2) is 22.0 Å². The number of carbonyl (C=O) groups is 1. The number of carboxylic acids is 1. The maximum absolute atomic E-state index is 13.2. The number of fused-ring (bicyclic) bond motifs is 1. The van der Waals surface area contributed by atoms with Gasteiger partial charge in [-0.1, -0.05) is 12.1 Å². The number of benzene rings is 1. The van der Waals surface area contributed by atoms with Crippen LogP contribution >= 0.6 is 11.8 Å². The number of hydrogen-bond acceptors (Lipinski definition) is 2. The fraction of sp³-hybridized carbons (Fsp3) is 0.308. The molecule has 19 heavy (non-hydrogen) atoms. The Kier molecular flexibility index (Phi) is 3.16. The number of alkyl halides is 3. The molecule has 1 unspecified atom stereocenters. The van der Waals surface area contributed by atoms with Gasteiger partial charge in [0.15, 0.2) is 0 Å². The molecule has 6 heteroatoms. The largest absolute Gasteiger partial charge is 0.478 e. The summed E-state index contributed by atoms with van der Waals surface area (Å²) in [5, 5.41) is 8.88. The maximum Gasteiger partial charge on any atom is 0.406 e. The van der Waals surface area contributed by atoms with Crippen LogP contribution in [0.1, 0.15) is 29.8 Å². The molecule has 1 aromatic rings. The Balaban J connectivity index is 2.54. The maximum atomic E-state index is 13.2. The number of halogens is 3. The minimum atomic E-state index is -4.39. The molecule has 1 aliphatic rings. The van der Waals surface area contributed by atoms with Gasteiger partial charge in [-0.2, -0.15) is 13.2 Å². The third-order valence-electron chi connectivity index (χ3n) is 3.24. The third kappa shape index (κ3) is 2.25. The summed E-state index contributed by atoms with van der Waals surface area (Å²) in [4.78, 5) is 11.2. The first kappa shape index (κ1) is 14.0. The van der Waals surface area contributed by atoms with Gasteiger partial charge in [-0.25, -0.2) is 4.79 Å². The van der Waals surface area contributed by atoms with Crippen molar-refractivity contribution >= 4 is 23.8 Å². The molecule has 0 aromatic heterocycles. The van der Waals surface area contributed by atoms with E-state index in [1.807, 2.05) is 0 Å². The molecule has 0 fully saturated rings. The molecule has 0 radical (unpaired) electrons. The Bertz CT molecular complexity index is 578. The summed E-state index contributed by atoms with van der Waals surface area (Å²) in [6, 6.07) is 4.21. The number of rotatable bonds is 1. The molecule has 1 aromatic carbocycles. The number of thioether (sulfide) groups is 1. The average molecular weight is 288 g/mol. The van der Waals surface area contributed by atoms with E-state index >= 15 is 0 Å². The fourth-order valence-electron chi connectivity index (χ4n) is 1.83. The summed E-state index contributed by atoms with van der Waals surface area (Å²) in [6.45, 7) is 2.55. The van der Waals surface area contributed by atoms with E-state index in [2.05, 4.69) is 0 Å². The molecule has 0 aliphatic carbocycles. The molecule has 1 heterocycles. The van der Waals surface area contributed by atoms with Crippen molar-refractivity contribution in [3.8, 4) is 0 Å². The molecule has 1 N–H and O–H groups in total. The highest BCUT2D eigenvalue weighted by molar-refractivity contribution is 8.01. The zero-order chi connectivity index (χ0) is 14.4. The molecule has 0 spiro atoms. The van der Waals surface area contributed by atoms with Gasteiger partial charge in [0.1, 0.15) is 4.75 Å². The summed E-state index contributed by atoms with van der Waals surface area (Å²) < 4.78 is 37.4. The van der Waals surface area contributed by atoms with Crippen LogP contribution in [-0.2, 0) is 0 Å². The van der Waals surface area contributed by atoms with E-state index in [-0.39, 0.29) is 11.1 Å². The van der Waals surface area contributed by atoms with Gasteiger partial charge in [0.2, 0.25) is 0 Å². The normalized spacial score (nSPS) is 22.7. The first-order valence-corrected chi connectivity index (χ1v) is 6.28. The van der Waals surface area contributed by atoms with Crippen molar-refractivity contribution in [2.24, 2.45) is 0 Å². The predicted octanol–water partition coefficient (Wildman–Crippen LogP) is 4.21. The second-order valence-electron chi connectivity index (χ2n) is 4.52. The van der Waals surface area contributed by atoms with Gasteiger partial charge in [0.25, 0.3) is 0 Å². The van der Waals surface area contributed by atoms with Crippen LogP contribution in [0, 0.1) is 0 Å². The van der Waals surface area contributed by atoms with Gasteiger partial charge < -0.3 is 5.11 Å². The second-order valence-corrected chi connectivity index (χ2v) is 5.98. The number of carboxylic acid groups (broad SMARTS) is 1. The van der Waals surface area contributed by atoms with E-state index < -0.39 is 16.9 Å². The lowest BCUT2D eigenvalue weighted by atomic mass is 9.97.